The molecule has 1 aromatic heterocycles. The van der Waals surface area contributed by atoms with Crippen molar-refractivity contribution in [2.75, 3.05) is 11.5 Å². The standard InChI is InChI=1S/C28H30FN5O3/c1-5-37-20-12-10-11-19(17-20)34(25(35)18-33-24-16-9-8-15-23(24)31-32-33)26(27(36)30-28(2,3)4)21-13-6-7-14-22(21)29/h6-17,26H,5,18H2,1-4H3,(H,30,36)/t26-/m0/s1. The van der Waals surface area contributed by atoms with Gasteiger partial charge in [-0.2, -0.15) is 0 Å². The number of fused-ring (bicyclic) bond motifs is 1. The number of halogens is 1. The molecule has 0 aliphatic heterocycles. The van der Waals surface area contributed by atoms with Crippen molar-refractivity contribution in [2.45, 2.75) is 45.8 Å². The monoisotopic (exact) mass is 503 g/mol. The SMILES string of the molecule is CCOc1cccc(N(C(=O)Cn2nnc3ccccc32)[C@H](C(=O)NC(C)(C)C)c2ccccc2F)c1. The Hall–Kier alpha value is -4.27. The van der Waals surface area contributed by atoms with E-state index in [0.717, 1.165) is 0 Å². The lowest BCUT2D eigenvalue weighted by molar-refractivity contribution is -0.128. The second-order valence-corrected chi connectivity index (χ2v) is 9.59. The highest BCUT2D eigenvalue weighted by molar-refractivity contribution is 6.01. The van der Waals surface area contributed by atoms with E-state index in [-0.39, 0.29) is 12.1 Å². The first-order chi connectivity index (χ1) is 17.7. The zero-order chi connectivity index (χ0) is 26.6. The number of nitrogens with zero attached hydrogens (tertiary/aromatic N) is 4. The van der Waals surface area contributed by atoms with Gasteiger partial charge in [0.1, 0.15) is 29.7 Å². The predicted octanol–water partition coefficient (Wildman–Crippen LogP) is 4.66. The molecule has 4 aromatic rings. The Kier molecular flexibility index (Phi) is 7.52. The molecular weight excluding hydrogens is 473 g/mol. The molecule has 3 aromatic carbocycles. The Labute approximate surface area is 215 Å². The minimum absolute atomic E-state index is 0.0721. The summed E-state index contributed by atoms with van der Waals surface area (Å²) in [6, 6.07) is 18.8. The van der Waals surface area contributed by atoms with E-state index in [1.165, 1.54) is 21.7 Å². The van der Waals surface area contributed by atoms with Gasteiger partial charge >= 0.3 is 0 Å². The van der Waals surface area contributed by atoms with Gasteiger partial charge in [-0.05, 0) is 58.0 Å². The molecule has 1 N–H and O–H groups in total. The fourth-order valence-electron chi connectivity index (χ4n) is 4.10. The molecule has 37 heavy (non-hydrogen) atoms. The average molecular weight is 504 g/mol. The van der Waals surface area contributed by atoms with Crippen LogP contribution in [-0.2, 0) is 16.1 Å². The van der Waals surface area contributed by atoms with Crippen LogP contribution in [0, 0.1) is 5.82 Å². The van der Waals surface area contributed by atoms with Crippen LogP contribution in [0.15, 0.2) is 72.8 Å². The number of hydrogen-bond acceptors (Lipinski definition) is 5. The van der Waals surface area contributed by atoms with Crippen LogP contribution in [-0.4, -0.2) is 39.0 Å². The highest BCUT2D eigenvalue weighted by Gasteiger charge is 2.36. The van der Waals surface area contributed by atoms with E-state index >= 15 is 4.39 Å². The van der Waals surface area contributed by atoms with Crippen molar-refractivity contribution in [1.29, 1.82) is 0 Å². The lowest BCUT2D eigenvalue weighted by atomic mass is 10.00. The van der Waals surface area contributed by atoms with Gasteiger partial charge < -0.3 is 10.1 Å². The zero-order valence-electron chi connectivity index (χ0n) is 21.3. The molecule has 0 spiro atoms. The van der Waals surface area contributed by atoms with Gasteiger partial charge in [0.25, 0.3) is 0 Å². The lowest BCUT2D eigenvalue weighted by Gasteiger charge is -2.34. The van der Waals surface area contributed by atoms with Crippen LogP contribution >= 0.6 is 0 Å². The van der Waals surface area contributed by atoms with Crippen LogP contribution in [0.25, 0.3) is 11.0 Å². The average Bonchev–Trinajstić information content (AvgIpc) is 3.25. The topological polar surface area (TPSA) is 89.3 Å². The van der Waals surface area contributed by atoms with E-state index in [2.05, 4.69) is 15.6 Å². The first-order valence-electron chi connectivity index (χ1n) is 12.1. The third kappa shape index (κ3) is 5.94. The largest absolute Gasteiger partial charge is 0.494 e. The van der Waals surface area contributed by atoms with Crippen molar-refractivity contribution >= 4 is 28.5 Å². The Morgan fingerprint density at radius 1 is 1.05 bits per heavy atom. The summed E-state index contributed by atoms with van der Waals surface area (Å²) in [6.45, 7) is 7.53. The molecular formula is C28H30FN5O3. The molecule has 4 rings (SSSR count). The minimum Gasteiger partial charge on any atom is -0.494 e. The van der Waals surface area contributed by atoms with Gasteiger partial charge in [-0.25, -0.2) is 9.07 Å². The molecule has 0 saturated carbocycles. The number of carbonyl (C=O) groups excluding carboxylic acids is 2. The summed E-state index contributed by atoms with van der Waals surface area (Å²) in [7, 11) is 0. The first-order valence-corrected chi connectivity index (χ1v) is 12.1. The van der Waals surface area contributed by atoms with E-state index in [4.69, 9.17) is 4.74 Å². The van der Waals surface area contributed by atoms with Crippen LogP contribution in [0.3, 0.4) is 0 Å². The third-order valence-corrected chi connectivity index (χ3v) is 5.59. The van der Waals surface area contributed by atoms with E-state index in [9.17, 15) is 9.59 Å². The van der Waals surface area contributed by atoms with Crippen molar-refractivity contribution in [3.05, 3.63) is 84.2 Å². The molecule has 8 nitrogen and oxygen atoms in total. The molecule has 0 aliphatic carbocycles. The van der Waals surface area contributed by atoms with Crippen LogP contribution < -0.4 is 15.0 Å². The van der Waals surface area contributed by atoms with Gasteiger partial charge in [0.05, 0.1) is 12.1 Å². The number of nitrogens with one attached hydrogen (secondary N) is 1. The molecule has 2 amide bonds. The molecule has 0 radical (unpaired) electrons. The van der Waals surface area contributed by atoms with Crippen molar-refractivity contribution < 1.29 is 18.7 Å². The van der Waals surface area contributed by atoms with E-state index in [1.54, 1.807) is 42.5 Å². The number of carbonyl (C=O) groups is 2. The number of aromatic nitrogens is 3. The fraction of sp³-hybridized carbons (Fsp3) is 0.286. The van der Waals surface area contributed by atoms with Crippen LogP contribution in [0.2, 0.25) is 0 Å². The molecule has 1 atom stereocenters. The van der Waals surface area contributed by atoms with Crippen molar-refractivity contribution in [3.63, 3.8) is 0 Å². The normalized spacial score (nSPS) is 12.2. The summed E-state index contributed by atoms with van der Waals surface area (Å²) in [5, 5.41) is 11.2. The smallest absolute Gasteiger partial charge is 0.249 e. The minimum atomic E-state index is -1.29. The van der Waals surface area contributed by atoms with Gasteiger partial charge in [-0.15, -0.1) is 5.10 Å². The Bertz CT molecular complexity index is 1410. The molecule has 1 heterocycles. The molecule has 0 saturated heterocycles. The second-order valence-electron chi connectivity index (χ2n) is 9.59. The fourth-order valence-corrected chi connectivity index (χ4v) is 4.10. The lowest BCUT2D eigenvalue weighted by Crippen LogP contribution is -2.50. The van der Waals surface area contributed by atoms with E-state index in [0.29, 0.717) is 29.1 Å². The molecule has 0 unspecified atom stereocenters. The molecule has 0 fully saturated rings. The molecule has 192 valence electrons. The van der Waals surface area contributed by atoms with Crippen LogP contribution in [0.5, 0.6) is 5.75 Å². The summed E-state index contributed by atoms with van der Waals surface area (Å²) < 4.78 is 22.3. The number of rotatable bonds is 8. The summed E-state index contributed by atoms with van der Waals surface area (Å²) in [4.78, 5) is 29.0. The second kappa shape index (κ2) is 10.8. The van der Waals surface area contributed by atoms with E-state index in [1.807, 2.05) is 45.9 Å². The van der Waals surface area contributed by atoms with Gasteiger partial charge in [0.15, 0.2) is 0 Å². The Balaban J connectivity index is 1.85. The number of para-hydroxylation sites is 1. The molecule has 0 bridgehead atoms. The highest BCUT2D eigenvalue weighted by atomic mass is 19.1. The van der Waals surface area contributed by atoms with Crippen molar-refractivity contribution in [2.24, 2.45) is 0 Å². The third-order valence-electron chi connectivity index (χ3n) is 5.59. The van der Waals surface area contributed by atoms with Gasteiger partial charge in [0, 0.05) is 22.9 Å². The summed E-state index contributed by atoms with van der Waals surface area (Å²) in [5.41, 5.74) is 1.14. The Morgan fingerprint density at radius 3 is 2.51 bits per heavy atom. The molecule has 0 aliphatic rings. The first kappa shape index (κ1) is 25.8. The highest BCUT2D eigenvalue weighted by Crippen LogP contribution is 2.32. The maximum Gasteiger partial charge on any atom is 0.249 e. The summed E-state index contributed by atoms with van der Waals surface area (Å²) >= 11 is 0. The predicted molar refractivity (Wildman–Crippen MR) is 140 cm³/mol. The quantitative estimate of drug-likeness (QED) is 0.378. The van der Waals surface area contributed by atoms with Crippen LogP contribution in [0.1, 0.15) is 39.3 Å². The van der Waals surface area contributed by atoms with E-state index < -0.39 is 29.2 Å². The zero-order valence-corrected chi connectivity index (χ0v) is 21.3. The van der Waals surface area contributed by atoms with Crippen molar-refractivity contribution in [1.82, 2.24) is 20.3 Å². The van der Waals surface area contributed by atoms with Gasteiger partial charge in [-0.1, -0.05) is 41.6 Å². The number of benzene rings is 3. The summed E-state index contributed by atoms with van der Waals surface area (Å²) in [5.74, 6) is -1.06. The molecule has 9 heteroatoms. The number of amides is 2. The maximum atomic E-state index is 15.2. The maximum absolute atomic E-state index is 15.2. The number of hydrogen-bond donors (Lipinski definition) is 1. The Morgan fingerprint density at radius 2 is 1.78 bits per heavy atom. The van der Waals surface area contributed by atoms with Gasteiger partial charge in [-0.3, -0.25) is 14.5 Å². The van der Waals surface area contributed by atoms with Crippen LogP contribution in [0.4, 0.5) is 10.1 Å². The van der Waals surface area contributed by atoms with Crippen molar-refractivity contribution in [3.8, 4) is 5.75 Å². The summed E-state index contributed by atoms with van der Waals surface area (Å²) in [6.07, 6.45) is 0. The number of ether oxygens (including phenoxy) is 1. The van der Waals surface area contributed by atoms with Gasteiger partial charge in [0.2, 0.25) is 11.8 Å². The number of anilines is 1.